The fraction of sp³-hybridized carbons (Fsp3) is 0.600. The van der Waals surface area contributed by atoms with Crippen molar-refractivity contribution < 1.29 is 9.90 Å². The summed E-state index contributed by atoms with van der Waals surface area (Å²) < 4.78 is 0. The Kier molecular flexibility index (Phi) is 3.19. The third-order valence-corrected chi connectivity index (χ3v) is 0.737. The summed E-state index contributed by atoms with van der Waals surface area (Å²) in [6.45, 7) is 1.69. The number of hydrogen-bond acceptors (Lipinski definition) is 2. The maximum absolute atomic E-state index is 10.0. The molecule has 0 spiro atoms. The van der Waals surface area contributed by atoms with Crippen molar-refractivity contribution >= 4 is 5.91 Å². The quantitative estimate of drug-likeness (QED) is 0.512. The maximum Gasteiger partial charge on any atom is 0.221 e. The first-order chi connectivity index (χ1) is 3.66. The summed E-state index contributed by atoms with van der Waals surface area (Å²) in [5, 5.41) is 8.34. The van der Waals surface area contributed by atoms with Crippen LogP contribution in [-0.4, -0.2) is 17.6 Å². The second-order valence-corrected chi connectivity index (χ2v) is 1.73. The molecule has 3 N–H and O–H groups in total. The molecule has 1 unspecified atom stereocenters. The van der Waals surface area contributed by atoms with Crippen LogP contribution in [0.1, 0.15) is 6.92 Å². The molecule has 0 aromatic rings. The van der Waals surface area contributed by atoms with Crippen LogP contribution in [0.4, 0.5) is 0 Å². The number of carbonyl (C=O) groups excluding carboxylic acids is 1. The van der Waals surface area contributed by atoms with E-state index in [1.54, 1.807) is 6.92 Å². The Hall–Kier alpha value is -0.570. The summed E-state index contributed by atoms with van der Waals surface area (Å²) in [6.07, 6.45) is 1.28. The molecule has 1 radical (unpaired) electrons. The lowest BCUT2D eigenvalue weighted by molar-refractivity contribution is -0.115. The molecule has 0 aromatic carbocycles. The first kappa shape index (κ1) is 7.43. The molecule has 0 saturated carbocycles. The van der Waals surface area contributed by atoms with Crippen LogP contribution in [0.25, 0.3) is 0 Å². The Morgan fingerprint density at radius 1 is 2.00 bits per heavy atom. The third-order valence-electron chi connectivity index (χ3n) is 0.737. The maximum atomic E-state index is 10.0. The van der Waals surface area contributed by atoms with Crippen molar-refractivity contribution in [2.24, 2.45) is 11.7 Å². The van der Waals surface area contributed by atoms with Crippen molar-refractivity contribution in [3.8, 4) is 0 Å². The van der Waals surface area contributed by atoms with Gasteiger partial charge in [0.2, 0.25) is 5.91 Å². The lowest BCUT2D eigenvalue weighted by Gasteiger charge is -2.00. The van der Waals surface area contributed by atoms with Gasteiger partial charge >= 0.3 is 0 Å². The number of primary amides is 1. The predicted octanol–water partition coefficient (Wildman–Crippen LogP) is -0.696. The van der Waals surface area contributed by atoms with E-state index in [1.165, 1.54) is 6.42 Å². The number of hydrogen-bond donors (Lipinski definition) is 2. The summed E-state index contributed by atoms with van der Waals surface area (Å²) >= 11 is 0. The summed E-state index contributed by atoms with van der Waals surface area (Å²) in [6, 6.07) is 0. The highest BCUT2D eigenvalue weighted by atomic mass is 16.3. The normalized spacial score (nSPS) is 13.2. The molecule has 0 heterocycles. The van der Waals surface area contributed by atoms with Crippen molar-refractivity contribution in [2.45, 2.75) is 6.92 Å². The van der Waals surface area contributed by atoms with Gasteiger partial charge in [-0.3, -0.25) is 4.79 Å². The lowest BCUT2D eigenvalue weighted by atomic mass is 10.1. The van der Waals surface area contributed by atoms with E-state index in [4.69, 9.17) is 10.8 Å². The van der Waals surface area contributed by atoms with Crippen LogP contribution in [0.15, 0.2) is 0 Å². The summed E-state index contributed by atoms with van der Waals surface area (Å²) in [7, 11) is 0. The zero-order valence-electron chi connectivity index (χ0n) is 4.79. The first-order valence-corrected chi connectivity index (χ1v) is 2.42. The molecule has 0 bridgehead atoms. The van der Waals surface area contributed by atoms with E-state index in [1.807, 2.05) is 0 Å². The van der Waals surface area contributed by atoms with Gasteiger partial charge in [-0.25, -0.2) is 0 Å². The fourth-order valence-electron chi connectivity index (χ4n) is 0.333. The van der Waals surface area contributed by atoms with Gasteiger partial charge in [0.25, 0.3) is 0 Å². The first-order valence-electron chi connectivity index (χ1n) is 2.42. The van der Waals surface area contributed by atoms with Gasteiger partial charge in [0.05, 0.1) is 6.42 Å². The van der Waals surface area contributed by atoms with Crippen LogP contribution in [0, 0.1) is 12.3 Å². The second-order valence-electron chi connectivity index (χ2n) is 1.73. The predicted molar refractivity (Wildman–Crippen MR) is 29.7 cm³/mol. The second kappa shape index (κ2) is 3.43. The van der Waals surface area contributed by atoms with Gasteiger partial charge in [-0.2, -0.15) is 0 Å². The molecule has 47 valence electrons. The van der Waals surface area contributed by atoms with Crippen LogP contribution in [0.3, 0.4) is 0 Å². The van der Waals surface area contributed by atoms with Crippen LogP contribution >= 0.6 is 0 Å². The largest absolute Gasteiger partial charge is 0.396 e. The number of amides is 1. The van der Waals surface area contributed by atoms with E-state index >= 15 is 0 Å². The Morgan fingerprint density at radius 3 is 2.62 bits per heavy atom. The van der Waals surface area contributed by atoms with Crippen LogP contribution in [0.5, 0.6) is 0 Å². The molecule has 1 amide bonds. The molecule has 0 fully saturated rings. The molecule has 3 nitrogen and oxygen atoms in total. The van der Waals surface area contributed by atoms with Crippen LogP contribution in [-0.2, 0) is 4.79 Å². The standard InChI is InChI=1S/C5H10NO2/c1-4(3-7)2-5(6)8/h2,4,7H,3H2,1H3,(H2,6,8). The molecular weight excluding hydrogens is 106 g/mol. The van der Waals surface area contributed by atoms with Crippen molar-refractivity contribution in [1.29, 1.82) is 0 Å². The zero-order chi connectivity index (χ0) is 6.57. The highest BCUT2D eigenvalue weighted by Gasteiger charge is 2.02. The molecule has 1 atom stereocenters. The minimum absolute atomic E-state index is 0.0249. The number of nitrogens with two attached hydrogens (primary N) is 1. The molecular formula is C5H10NO2. The smallest absolute Gasteiger partial charge is 0.221 e. The van der Waals surface area contributed by atoms with E-state index < -0.39 is 5.91 Å². The highest BCUT2D eigenvalue weighted by Crippen LogP contribution is 1.95. The number of rotatable bonds is 3. The molecule has 8 heavy (non-hydrogen) atoms. The minimum atomic E-state index is -0.480. The van der Waals surface area contributed by atoms with Gasteiger partial charge in [0.15, 0.2) is 0 Å². The Bertz CT molecular complexity index is 82.5. The van der Waals surface area contributed by atoms with Gasteiger partial charge in [-0.15, -0.1) is 0 Å². The van der Waals surface area contributed by atoms with Crippen molar-refractivity contribution in [2.75, 3.05) is 6.61 Å². The fourth-order valence-corrected chi connectivity index (χ4v) is 0.333. The van der Waals surface area contributed by atoms with E-state index in [2.05, 4.69) is 0 Å². The van der Waals surface area contributed by atoms with Crippen molar-refractivity contribution in [1.82, 2.24) is 0 Å². The average molecular weight is 116 g/mol. The van der Waals surface area contributed by atoms with Gasteiger partial charge in [0.1, 0.15) is 0 Å². The number of carbonyl (C=O) groups is 1. The topological polar surface area (TPSA) is 63.3 Å². The Labute approximate surface area is 48.5 Å². The van der Waals surface area contributed by atoms with E-state index in [0.29, 0.717) is 0 Å². The van der Waals surface area contributed by atoms with E-state index in [-0.39, 0.29) is 12.5 Å². The van der Waals surface area contributed by atoms with E-state index in [9.17, 15) is 4.79 Å². The van der Waals surface area contributed by atoms with Crippen LogP contribution in [0.2, 0.25) is 0 Å². The summed E-state index contributed by atoms with van der Waals surface area (Å²) in [5.41, 5.74) is 4.76. The monoisotopic (exact) mass is 116 g/mol. The molecule has 3 heteroatoms. The summed E-state index contributed by atoms with van der Waals surface area (Å²) in [4.78, 5) is 10.0. The summed E-state index contributed by atoms with van der Waals surface area (Å²) in [5.74, 6) is -0.598. The average Bonchev–Trinajstić information content (AvgIpc) is 1.65. The SMILES string of the molecule is CC([CH]C(N)=O)CO. The lowest BCUT2D eigenvalue weighted by Crippen LogP contribution is -2.17. The van der Waals surface area contributed by atoms with Gasteiger partial charge in [-0.05, 0) is 5.92 Å². The third kappa shape index (κ3) is 3.61. The number of aliphatic hydroxyl groups is 1. The van der Waals surface area contributed by atoms with E-state index in [0.717, 1.165) is 0 Å². The number of aliphatic hydroxyl groups excluding tert-OH is 1. The molecule has 0 saturated heterocycles. The molecule has 0 aliphatic rings. The van der Waals surface area contributed by atoms with Gasteiger partial charge in [-0.1, -0.05) is 6.92 Å². The van der Waals surface area contributed by atoms with Gasteiger partial charge < -0.3 is 10.8 Å². The Morgan fingerprint density at radius 2 is 2.50 bits per heavy atom. The molecule has 0 aromatic heterocycles. The highest BCUT2D eigenvalue weighted by molar-refractivity contribution is 5.83. The van der Waals surface area contributed by atoms with Crippen LogP contribution < -0.4 is 5.73 Å². The minimum Gasteiger partial charge on any atom is -0.396 e. The molecule has 0 rings (SSSR count). The van der Waals surface area contributed by atoms with Gasteiger partial charge in [0, 0.05) is 6.61 Å². The van der Waals surface area contributed by atoms with Crippen molar-refractivity contribution in [3.63, 3.8) is 0 Å². The zero-order valence-corrected chi connectivity index (χ0v) is 4.79. The van der Waals surface area contributed by atoms with Crippen molar-refractivity contribution in [3.05, 3.63) is 6.42 Å². The Balaban J connectivity index is 3.24. The molecule has 0 aliphatic heterocycles. The molecule has 0 aliphatic carbocycles.